The molecular weight excluding hydrogens is 107 g/mol. The summed E-state index contributed by atoms with van der Waals surface area (Å²) in [5, 5.41) is 0. The van der Waals surface area contributed by atoms with Gasteiger partial charge in [0.2, 0.25) is 0 Å². The molecule has 0 N–H and O–H groups in total. The first-order chi connectivity index (χ1) is 1.41. The van der Waals surface area contributed by atoms with E-state index in [9.17, 15) is 0 Å². The van der Waals surface area contributed by atoms with E-state index in [0.29, 0.717) is 5.88 Å². The molecule has 0 aliphatic rings. The number of halogens is 1. The standard InChI is InChI=1S/C2H4Cl.Ti/c1-2-3;/h1-2H2;. The first kappa shape index (κ1) is 8.89. The first-order valence-corrected chi connectivity index (χ1v) is 1.30. The Morgan fingerprint density at radius 2 is 1.75 bits per heavy atom. The van der Waals surface area contributed by atoms with Crippen LogP contribution in [0.3, 0.4) is 0 Å². The molecule has 0 bridgehead atoms. The smallest absolute Gasteiger partial charge is 0.0223 e. The van der Waals surface area contributed by atoms with Crippen molar-refractivity contribution in [2.24, 2.45) is 0 Å². The summed E-state index contributed by atoms with van der Waals surface area (Å²) in [5.41, 5.74) is 0. The maximum atomic E-state index is 4.89. The van der Waals surface area contributed by atoms with Crippen molar-refractivity contribution in [2.75, 3.05) is 5.88 Å². The molecule has 0 aromatic heterocycles. The fourth-order valence-corrected chi connectivity index (χ4v) is 0. The number of hydrogen-bond donors (Lipinski definition) is 0. The molecule has 0 aliphatic heterocycles. The molecule has 2 heteroatoms. The van der Waals surface area contributed by atoms with E-state index in [1.807, 2.05) is 0 Å². The molecule has 0 heterocycles. The Balaban J connectivity index is 0. The summed E-state index contributed by atoms with van der Waals surface area (Å²) >= 11 is 4.89. The van der Waals surface area contributed by atoms with Crippen LogP contribution >= 0.6 is 11.6 Å². The summed E-state index contributed by atoms with van der Waals surface area (Å²) in [6.45, 7) is 3.25. The molecule has 0 unspecified atom stereocenters. The minimum Gasteiger partial charge on any atom is -0.127 e. The molecule has 0 aliphatic carbocycles. The van der Waals surface area contributed by atoms with Crippen LogP contribution in [0.25, 0.3) is 0 Å². The molecule has 0 aromatic carbocycles. The van der Waals surface area contributed by atoms with E-state index < -0.39 is 0 Å². The molecular formula is C2H4ClTi. The Labute approximate surface area is 46.4 Å². The summed E-state index contributed by atoms with van der Waals surface area (Å²) in [6, 6.07) is 0. The Morgan fingerprint density at radius 1 is 1.75 bits per heavy atom. The quantitative estimate of drug-likeness (QED) is 0.324. The van der Waals surface area contributed by atoms with Gasteiger partial charge in [-0.05, 0) is 6.92 Å². The first-order valence-electron chi connectivity index (χ1n) is 0.767. The van der Waals surface area contributed by atoms with Crippen LogP contribution in [0.15, 0.2) is 0 Å². The van der Waals surface area contributed by atoms with Gasteiger partial charge in [-0.15, -0.1) is 11.6 Å². The molecule has 0 amide bonds. The van der Waals surface area contributed by atoms with Crippen LogP contribution in [-0.2, 0) is 21.7 Å². The summed E-state index contributed by atoms with van der Waals surface area (Å²) in [5.74, 6) is 0.472. The van der Waals surface area contributed by atoms with Gasteiger partial charge in [-0.3, -0.25) is 0 Å². The van der Waals surface area contributed by atoms with Crippen molar-refractivity contribution in [1.82, 2.24) is 0 Å². The minimum absolute atomic E-state index is 0. The molecule has 0 aromatic rings. The van der Waals surface area contributed by atoms with Crippen LogP contribution in [0.1, 0.15) is 0 Å². The van der Waals surface area contributed by atoms with Crippen LogP contribution in [0, 0.1) is 6.92 Å². The van der Waals surface area contributed by atoms with Crippen molar-refractivity contribution >= 4 is 11.6 Å². The average molecular weight is 111 g/mol. The Bertz CT molecular complexity index is 6.00. The number of hydrogen-bond acceptors (Lipinski definition) is 0. The van der Waals surface area contributed by atoms with Crippen molar-refractivity contribution in [3.63, 3.8) is 0 Å². The maximum Gasteiger partial charge on any atom is 0.0223 e. The van der Waals surface area contributed by atoms with Crippen molar-refractivity contribution < 1.29 is 21.7 Å². The number of alkyl halides is 1. The largest absolute Gasteiger partial charge is 0.127 e. The second kappa shape index (κ2) is 9.00. The third-order valence-corrected chi connectivity index (χ3v) is 0. The van der Waals surface area contributed by atoms with Gasteiger partial charge in [-0.1, -0.05) is 0 Å². The minimum atomic E-state index is 0. The van der Waals surface area contributed by atoms with E-state index >= 15 is 0 Å². The zero-order valence-corrected chi connectivity index (χ0v) is 4.61. The molecule has 0 fully saturated rings. The Hall–Kier alpha value is 1.00. The summed E-state index contributed by atoms with van der Waals surface area (Å²) < 4.78 is 0. The fourth-order valence-electron chi connectivity index (χ4n) is 0. The molecule has 4 heavy (non-hydrogen) atoms. The second-order valence-electron chi connectivity index (χ2n) is 0.189. The monoisotopic (exact) mass is 111 g/mol. The normalized spacial score (nSPS) is 4.50. The SMILES string of the molecule is [CH2]CCl.[Ti]. The van der Waals surface area contributed by atoms with Crippen molar-refractivity contribution in [2.45, 2.75) is 0 Å². The van der Waals surface area contributed by atoms with Gasteiger partial charge in [0.1, 0.15) is 0 Å². The van der Waals surface area contributed by atoms with Crippen LogP contribution in [0.2, 0.25) is 0 Å². The average Bonchev–Trinajstić information content (AvgIpc) is 0.918. The van der Waals surface area contributed by atoms with E-state index in [1.54, 1.807) is 0 Å². The number of rotatable bonds is 0. The van der Waals surface area contributed by atoms with E-state index in [-0.39, 0.29) is 21.7 Å². The molecule has 1 radical (unpaired) electrons. The zero-order valence-electron chi connectivity index (χ0n) is 2.29. The molecule has 0 saturated heterocycles. The van der Waals surface area contributed by atoms with Crippen LogP contribution in [0.5, 0.6) is 0 Å². The molecule has 0 atom stereocenters. The zero-order chi connectivity index (χ0) is 2.71. The predicted molar refractivity (Wildman–Crippen MR) is 16.1 cm³/mol. The van der Waals surface area contributed by atoms with Gasteiger partial charge in [-0.25, -0.2) is 0 Å². The van der Waals surface area contributed by atoms with E-state index in [4.69, 9.17) is 11.6 Å². The van der Waals surface area contributed by atoms with E-state index in [2.05, 4.69) is 6.92 Å². The van der Waals surface area contributed by atoms with E-state index in [0.717, 1.165) is 0 Å². The topological polar surface area (TPSA) is 0 Å². The van der Waals surface area contributed by atoms with Crippen molar-refractivity contribution in [3.05, 3.63) is 6.92 Å². The molecule has 0 rings (SSSR count). The molecule has 23 valence electrons. The Kier molecular flexibility index (Phi) is 20.0. The van der Waals surface area contributed by atoms with Crippen LogP contribution in [-0.4, -0.2) is 5.88 Å². The fraction of sp³-hybridized carbons (Fsp3) is 0.500. The Morgan fingerprint density at radius 3 is 1.75 bits per heavy atom. The van der Waals surface area contributed by atoms with Gasteiger partial charge in [0.15, 0.2) is 0 Å². The third kappa shape index (κ3) is 12.0. The van der Waals surface area contributed by atoms with Gasteiger partial charge in [0, 0.05) is 27.6 Å². The summed E-state index contributed by atoms with van der Waals surface area (Å²) in [6.07, 6.45) is 0. The van der Waals surface area contributed by atoms with Gasteiger partial charge in [-0.2, -0.15) is 0 Å². The van der Waals surface area contributed by atoms with Crippen molar-refractivity contribution in [3.8, 4) is 0 Å². The summed E-state index contributed by atoms with van der Waals surface area (Å²) in [4.78, 5) is 0. The van der Waals surface area contributed by atoms with Crippen molar-refractivity contribution in [1.29, 1.82) is 0 Å². The second-order valence-corrected chi connectivity index (χ2v) is 0.567. The van der Waals surface area contributed by atoms with Gasteiger partial charge >= 0.3 is 0 Å². The summed E-state index contributed by atoms with van der Waals surface area (Å²) in [7, 11) is 0. The van der Waals surface area contributed by atoms with Gasteiger partial charge < -0.3 is 0 Å². The van der Waals surface area contributed by atoms with Crippen LogP contribution in [0.4, 0.5) is 0 Å². The maximum absolute atomic E-state index is 4.89. The molecule has 0 saturated carbocycles. The van der Waals surface area contributed by atoms with Gasteiger partial charge in [0.25, 0.3) is 0 Å². The third-order valence-electron chi connectivity index (χ3n) is 0. The molecule has 0 nitrogen and oxygen atoms in total. The van der Waals surface area contributed by atoms with Gasteiger partial charge in [0.05, 0.1) is 0 Å². The van der Waals surface area contributed by atoms with E-state index in [1.165, 1.54) is 0 Å². The molecule has 0 spiro atoms. The van der Waals surface area contributed by atoms with Crippen LogP contribution < -0.4 is 0 Å². The predicted octanol–water partition coefficient (Wildman–Crippen LogP) is 1.06.